The Balaban J connectivity index is 1.08. The van der Waals surface area contributed by atoms with Crippen LogP contribution in [0.1, 0.15) is 27.8 Å². The van der Waals surface area contributed by atoms with Crippen LogP contribution in [0.3, 0.4) is 0 Å². The van der Waals surface area contributed by atoms with Gasteiger partial charge in [0.2, 0.25) is 0 Å². The largest absolute Gasteiger partial charge is 0.457 e. The molecule has 58 heavy (non-hydrogen) atoms. The van der Waals surface area contributed by atoms with E-state index in [1.54, 1.807) is 0 Å². The maximum Gasteiger partial charge on any atom is 0.164 e. The molecule has 270 valence electrons. The number of benzene rings is 8. The Hall–Kier alpha value is -7.94. The fourth-order valence-corrected chi connectivity index (χ4v) is 8.82. The maximum absolute atomic E-state index is 9.67. The topological polar surface area (TPSA) is 71.7 Å². The van der Waals surface area contributed by atoms with E-state index in [1.165, 1.54) is 22.3 Å². The van der Waals surface area contributed by atoms with Gasteiger partial charge in [-0.1, -0.05) is 164 Å². The standard InChI is InChI=1S/C53H32N4O/c54-33-34-13-11-18-37(29-34)39-25-27-46-48(31-39)58-49-32-40(26-28-47(49)53(46)44-23-9-7-21-42(44)43-22-8-10-24-45(43)53)38-19-12-20-41(30-38)52-56-50(35-14-3-1-4-15-35)55-51(57-52)36-16-5-2-6-17-36/h1-32H. The highest BCUT2D eigenvalue weighted by Crippen LogP contribution is 2.62. The molecule has 2 heterocycles. The predicted molar refractivity (Wildman–Crippen MR) is 229 cm³/mol. The van der Waals surface area contributed by atoms with Crippen molar-refractivity contribution in [3.05, 3.63) is 222 Å². The molecule has 5 heteroatoms. The van der Waals surface area contributed by atoms with E-state index in [9.17, 15) is 5.26 Å². The third-order valence-electron chi connectivity index (χ3n) is 11.4. The second kappa shape index (κ2) is 13.4. The second-order valence-corrected chi connectivity index (χ2v) is 14.7. The smallest absolute Gasteiger partial charge is 0.164 e. The molecule has 1 spiro atoms. The number of nitrogens with zero attached hydrogens (tertiary/aromatic N) is 4. The van der Waals surface area contributed by atoms with E-state index in [2.05, 4.69) is 115 Å². The molecule has 0 saturated heterocycles. The highest BCUT2D eigenvalue weighted by atomic mass is 16.5. The molecule has 0 fully saturated rings. The SMILES string of the molecule is N#Cc1cccc(-c2ccc3c(c2)Oc2cc(-c4cccc(-c5nc(-c6ccccc6)nc(-c6ccccc6)n5)c4)ccc2C32c3ccccc3-c3ccccc32)c1. The molecule has 0 unspecified atom stereocenters. The molecule has 0 radical (unpaired) electrons. The van der Waals surface area contributed by atoms with Gasteiger partial charge in [-0.05, 0) is 74.8 Å². The van der Waals surface area contributed by atoms with Crippen LogP contribution in [0.5, 0.6) is 11.5 Å². The van der Waals surface area contributed by atoms with Crippen molar-refractivity contribution in [2.24, 2.45) is 0 Å². The van der Waals surface area contributed by atoms with E-state index >= 15 is 0 Å². The van der Waals surface area contributed by atoms with Gasteiger partial charge in [-0.2, -0.15) is 5.26 Å². The Morgan fingerprint density at radius 3 is 1.34 bits per heavy atom. The zero-order chi connectivity index (χ0) is 38.6. The molecule has 2 aliphatic rings. The lowest BCUT2D eigenvalue weighted by atomic mass is 9.65. The summed E-state index contributed by atoms with van der Waals surface area (Å²) in [7, 11) is 0. The van der Waals surface area contributed by atoms with E-state index in [4.69, 9.17) is 19.7 Å². The average Bonchev–Trinajstić information content (AvgIpc) is 3.59. The van der Waals surface area contributed by atoms with E-state index < -0.39 is 5.41 Å². The number of ether oxygens (including phenoxy) is 1. The van der Waals surface area contributed by atoms with Crippen LogP contribution >= 0.6 is 0 Å². The van der Waals surface area contributed by atoms with Crippen molar-refractivity contribution in [2.45, 2.75) is 5.41 Å². The van der Waals surface area contributed by atoms with Gasteiger partial charge >= 0.3 is 0 Å². The summed E-state index contributed by atoms with van der Waals surface area (Å²) in [4.78, 5) is 14.9. The third-order valence-corrected chi connectivity index (χ3v) is 11.4. The molecule has 0 bridgehead atoms. The molecule has 1 aliphatic heterocycles. The van der Waals surface area contributed by atoms with Gasteiger partial charge < -0.3 is 4.74 Å². The summed E-state index contributed by atoms with van der Waals surface area (Å²) in [6.07, 6.45) is 0. The Morgan fingerprint density at radius 1 is 0.362 bits per heavy atom. The fraction of sp³-hybridized carbons (Fsp3) is 0.0189. The minimum atomic E-state index is -0.601. The van der Waals surface area contributed by atoms with E-state index in [-0.39, 0.29) is 0 Å². The van der Waals surface area contributed by atoms with Crippen molar-refractivity contribution in [1.82, 2.24) is 15.0 Å². The summed E-state index contributed by atoms with van der Waals surface area (Å²) < 4.78 is 7.02. The van der Waals surface area contributed by atoms with E-state index in [1.807, 2.05) is 84.9 Å². The van der Waals surface area contributed by atoms with Gasteiger partial charge in [0.1, 0.15) is 11.5 Å². The molecule has 9 aromatic rings. The van der Waals surface area contributed by atoms with Gasteiger partial charge in [-0.25, -0.2) is 15.0 Å². The third kappa shape index (κ3) is 5.27. The Labute approximate surface area is 336 Å². The fourth-order valence-electron chi connectivity index (χ4n) is 8.82. The highest BCUT2D eigenvalue weighted by molar-refractivity contribution is 5.89. The van der Waals surface area contributed by atoms with Crippen LogP contribution in [0, 0.1) is 11.3 Å². The highest BCUT2D eigenvalue weighted by Gasteiger charge is 2.51. The minimum absolute atomic E-state index is 0.601. The summed E-state index contributed by atoms with van der Waals surface area (Å²) in [5, 5.41) is 9.67. The molecule has 0 amide bonds. The van der Waals surface area contributed by atoms with Crippen LogP contribution in [0.25, 0.3) is 67.5 Å². The van der Waals surface area contributed by atoms with Crippen LogP contribution in [-0.4, -0.2) is 15.0 Å². The molecule has 8 aromatic carbocycles. The minimum Gasteiger partial charge on any atom is -0.457 e. The number of aromatic nitrogens is 3. The van der Waals surface area contributed by atoms with E-state index in [0.29, 0.717) is 23.0 Å². The summed E-state index contributed by atoms with van der Waals surface area (Å²) >= 11 is 0. The number of hydrogen-bond donors (Lipinski definition) is 0. The van der Waals surface area contributed by atoms with Gasteiger partial charge in [-0.15, -0.1) is 0 Å². The number of nitriles is 1. The zero-order valence-electron chi connectivity index (χ0n) is 31.2. The number of rotatable bonds is 5. The number of hydrogen-bond acceptors (Lipinski definition) is 5. The monoisotopic (exact) mass is 740 g/mol. The molecule has 11 rings (SSSR count). The molecular formula is C53H32N4O. The van der Waals surface area contributed by atoms with Gasteiger partial charge in [0.15, 0.2) is 17.5 Å². The Morgan fingerprint density at radius 2 is 0.793 bits per heavy atom. The number of fused-ring (bicyclic) bond motifs is 9. The van der Waals surface area contributed by atoms with Crippen LogP contribution in [0.4, 0.5) is 0 Å². The van der Waals surface area contributed by atoms with Gasteiger partial charge in [0, 0.05) is 27.8 Å². The van der Waals surface area contributed by atoms with Crippen LogP contribution in [0.15, 0.2) is 194 Å². The zero-order valence-corrected chi connectivity index (χ0v) is 31.2. The predicted octanol–water partition coefficient (Wildman–Crippen LogP) is 12.5. The first-order valence-electron chi connectivity index (χ1n) is 19.3. The Kier molecular flexibility index (Phi) is 7.70. The van der Waals surface area contributed by atoms with Gasteiger partial charge in [0.05, 0.1) is 17.0 Å². The molecular weight excluding hydrogens is 709 g/mol. The quantitative estimate of drug-likeness (QED) is 0.176. The van der Waals surface area contributed by atoms with Gasteiger partial charge in [0.25, 0.3) is 0 Å². The first kappa shape index (κ1) is 33.4. The first-order chi connectivity index (χ1) is 28.7. The molecule has 0 saturated carbocycles. The van der Waals surface area contributed by atoms with E-state index in [0.717, 1.165) is 61.6 Å². The molecule has 0 N–H and O–H groups in total. The lowest BCUT2D eigenvalue weighted by molar-refractivity contribution is 0.437. The Bertz CT molecular complexity index is 3010. The van der Waals surface area contributed by atoms with Crippen LogP contribution in [0.2, 0.25) is 0 Å². The first-order valence-corrected chi connectivity index (χ1v) is 19.3. The lowest BCUT2D eigenvalue weighted by Crippen LogP contribution is -2.32. The summed E-state index contributed by atoms with van der Waals surface area (Å²) in [5.41, 5.74) is 13.8. The van der Waals surface area contributed by atoms with Crippen LogP contribution in [-0.2, 0) is 5.41 Å². The van der Waals surface area contributed by atoms with Gasteiger partial charge in [-0.3, -0.25) is 0 Å². The van der Waals surface area contributed by atoms with Crippen molar-refractivity contribution >= 4 is 0 Å². The maximum atomic E-state index is 9.67. The summed E-state index contributed by atoms with van der Waals surface area (Å²) in [5.74, 6) is 3.43. The molecule has 1 aromatic heterocycles. The summed E-state index contributed by atoms with van der Waals surface area (Å²) in [6.45, 7) is 0. The molecule has 0 atom stereocenters. The lowest BCUT2D eigenvalue weighted by Gasteiger charge is -2.39. The van der Waals surface area contributed by atoms with Crippen molar-refractivity contribution in [3.8, 4) is 85.1 Å². The molecule has 1 aliphatic carbocycles. The van der Waals surface area contributed by atoms with Crippen molar-refractivity contribution in [2.75, 3.05) is 0 Å². The van der Waals surface area contributed by atoms with Crippen LogP contribution < -0.4 is 4.74 Å². The normalized spacial score (nSPS) is 12.7. The molecule has 5 nitrogen and oxygen atoms in total. The van der Waals surface area contributed by atoms with Crippen molar-refractivity contribution < 1.29 is 4.74 Å². The average molecular weight is 741 g/mol. The second-order valence-electron chi connectivity index (χ2n) is 14.7. The van der Waals surface area contributed by atoms with Crippen molar-refractivity contribution in [3.63, 3.8) is 0 Å². The summed E-state index contributed by atoms with van der Waals surface area (Å²) in [6, 6.07) is 69.1. The van der Waals surface area contributed by atoms with Crippen molar-refractivity contribution in [1.29, 1.82) is 5.26 Å².